The fourth-order valence-electron chi connectivity index (χ4n) is 1.30. The summed E-state index contributed by atoms with van der Waals surface area (Å²) >= 11 is 0. The van der Waals surface area contributed by atoms with Crippen LogP contribution in [-0.2, 0) is 33.6 Å². The highest BCUT2D eigenvalue weighted by Gasteiger charge is 2.29. The number of benzene rings is 1. The van der Waals surface area contributed by atoms with Crippen LogP contribution < -0.4 is 0 Å². The summed E-state index contributed by atoms with van der Waals surface area (Å²) in [5, 5.41) is 105. The minimum Gasteiger partial charge on any atom is -0.481 e. The summed E-state index contributed by atoms with van der Waals surface area (Å²) in [5.41, 5.74) is 0.403. The summed E-state index contributed by atoms with van der Waals surface area (Å²) in [5.74, 6) is -9.98. The van der Waals surface area contributed by atoms with Crippen LogP contribution in [0.1, 0.15) is 25.0 Å². The summed E-state index contributed by atoms with van der Waals surface area (Å²) in [6.45, 7) is 0.419. The average molecular weight is 602 g/mol. The van der Waals surface area contributed by atoms with Crippen molar-refractivity contribution in [2.24, 2.45) is 0 Å². The van der Waals surface area contributed by atoms with Gasteiger partial charge in [-0.3, -0.25) is 4.79 Å². The standard InChI is InChI=1S/C8H8O3.C4H6O6.C4H6O5.C3H6O3.C2H4O3/c9-7(8(10)11)6-4-2-1-3-5-6;5-1(3(7)8)2(6)4(9)10;5-2(4(8)9)1-3(6)7;1-2(4)3(5)6;3-1-2(4)5/h1-5,7,9H,(H,10,11);1-2,5-6H,(H,7,8)(H,9,10);2,5H,1H2,(H,6,7)(H,8,9);2,4H,1H3,(H,5,6);3H,1H2,(H,4,5). The van der Waals surface area contributed by atoms with Crippen molar-refractivity contribution in [2.45, 2.75) is 43.9 Å². The minimum atomic E-state index is -2.27. The molecule has 5 unspecified atom stereocenters. The second-order valence-corrected chi connectivity index (χ2v) is 6.74. The Kier molecular flexibility index (Phi) is 25.7. The monoisotopic (exact) mass is 602 g/mol. The van der Waals surface area contributed by atoms with Gasteiger partial charge in [-0.2, -0.15) is 0 Å². The van der Waals surface area contributed by atoms with Crippen molar-refractivity contribution < 1.29 is 99.9 Å². The molecule has 1 aromatic carbocycles. The zero-order valence-electron chi connectivity index (χ0n) is 20.9. The number of hydrogen-bond acceptors (Lipinski definition) is 13. The number of carbonyl (C=O) groups is 7. The van der Waals surface area contributed by atoms with E-state index in [2.05, 4.69) is 0 Å². The van der Waals surface area contributed by atoms with Crippen molar-refractivity contribution in [2.75, 3.05) is 6.61 Å². The Morgan fingerprint density at radius 2 is 0.927 bits per heavy atom. The Hall–Kier alpha value is -4.73. The lowest BCUT2D eigenvalue weighted by atomic mass is 10.1. The normalized spacial score (nSPS) is 12.9. The van der Waals surface area contributed by atoms with E-state index in [1.807, 2.05) is 0 Å². The number of aliphatic hydroxyl groups excluding tert-OH is 6. The van der Waals surface area contributed by atoms with Gasteiger partial charge in [0.05, 0.1) is 6.42 Å². The van der Waals surface area contributed by atoms with Gasteiger partial charge < -0.3 is 66.4 Å². The molecule has 13 N–H and O–H groups in total. The predicted octanol–water partition coefficient (Wildman–Crippen LogP) is -3.90. The molecule has 0 aliphatic heterocycles. The van der Waals surface area contributed by atoms with Crippen LogP contribution in [0.2, 0.25) is 0 Å². The first-order chi connectivity index (χ1) is 18.6. The molecule has 0 aromatic heterocycles. The SMILES string of the molecule is CC(O)C(=O)O.O=C(O)C(O)C(O)C(=O)O.O=C(O)C(O)c1ccccc1.O=C(O)CC(O)C(=O)O.O=C(O)CO. The second-order valence-electron chi connectivity index (χ2n) is 6.74. The zero-order valence-corrected chi connectivity index (χ0v) is 20.9. The summed E-state index contributed by atoms with van der Waals surface area (Å²) in [6.07, 6.45) is -9.71. The van der Waals surface area contributed by atoms with Gasteiger partial charge >= 0.3 is 41.8 Å². The van der Waals surface area contributed by atoms with Crippen molar-refractivity contribution >= 4 is 41.8 Å². The Labute approximate surface area is 228 Å². The molecule has 0 fully saturated rings. The van der Waals surface area contributed by atoms with E-state index in [0.29, 0.717) is 5.56 Å². The molecule has 0 aliphatic carbocycles. The van der Waals surface area contributed by atoms with E-state index in [-0.39, 0.29) is 0 Å². The summed E-state index contributed by atoms with van der Waals surface area (Å²) in [4.78, 5) is 67.8. The van der Waals surface area contributed by atoms with Crippen LogP contribution in [0.4, 0.5) is 0 Å². The molecule has 20 heteroatoms. The Bertz CT molecular complexity index is 941. The third kappa shape index (κ3) is 28.1. The molecule has 0 aliphatic rings. The third-order valence-corrected chi connectivity index (χ3v) is 3.30. The van der Waals surface area contributed by atoms with Crippen LogP contribution in [0.15, 0.2) is 30.3 Å². The highest BCUT2D eigenvalue weighted by Crippen LogP contribution is 2.10. The molecule has 5 atom stereocenters. The number of carboxylic acids is 7. The van der Waals surface area contributed by atoms with Gasteiger partial charge in [0.15, 0.2) is 24.4 Å². The number of rotatable bonds is 10. The number of aliphatic hydroxyl groups is 6. The van der Waals surface area contributed by atoms with Crippen molar-refractivity contribution in [3.05, 3.63) is 35.9 Å². The molecule has 1 aromatic rings. The number of carboxylic acid groups (broad SMARTS) is 7. The lowest BCUT2D eigenvalue weighted by Gasteiger charge is -2.07. The predicted molar refractivity (Wildman–Crippen MR) is 126 cm³/mol. The molecule has 0 spiro atoms. The lowest BCUT2D eigenvalue weighted by molar-refractivity contribution is -0.165. The fraction of sp³-hybridized carbons (Fsp3) is 0.381. The van der Waals surface area contributed by atoms with Gasteiger partial charge in [-0.25, -0.2) is 28.8 Å². The van der Waals surface area contributed by atoms with Crippen molar-refractivity contribution in [3.8, 4) is 0 Å². The first kappa shape index (κ1) is 43.3. The van der Waals surface area contributed by atoms with E-state index in [1.54, 1.807) is 30.3 Å². The van der Waals surface area contributed by atoms with Gasteiger partial charge in [-0.15, -0.1) is 0 Å². The first-order valence-electron chi connectivity index (χ1n) is 10.3. The zero-order chi connectivity index (χ0) is 33.5. The van der Waals surface area contributed by atoms with Gasteiger partial charge in [0.1, 0.15) is 12.7 Å². The van der Waals surface area contributed by atoms with Gasteiger partial charge in [0, 0.05) is 0 Å². The largest absolute Gasteiger partial charge is 0.481 e. The van der Waals surface area contributed by atoms with Crippen LogP contribution >= 0.6 is 0 Å². The van der Waals surface area contributed by atoms with Crippen molar-refractivity contribution in [3.63, 3.8) is 0 Å². The second kappa shape index (κ2) is 24.3. The van der Waals surface area contributed by atoms with E-state index >= 15 is 0 Å². The van der Waals surface area contributed by atoms with E-state index in [9.17, 15) is 28.8 Å². The van der Waals surface area contributed by atoms with Crippen LogP contribution in [-0.4, -0.2) is 139 Å². The molecule has 0 heterocycles. The van der Waals surface area contributed by atoms with Crippen LogP contribution in [0.25, 0.3) is 0 Å². The van der Waals surface area contributed by atoms with E-state index < -0.39 is 85.3 Å². The summed E-state index contributed by atoms with van der Waals surface area (Å²) in [6, 6.07) is 8.26. The number of hydrogen-bond donors (Lipinski definition) is 13. The molecule has 20 nitrogen and oxygen atoms in total. The maximum absolute atomic E-state index is 10.2. The van der Waals surface area contributed by atoms with Gasteiger partial charge in [0.25, 0.3) is 0 Å². The Balaban J connectivity index is -0.000000215. The van der Waals surface area contributed by atoms with E-state index in [1.165, 1.54) is 6.92 Å². The lowest BCUT2D eigenvalue weighted by Crippen LogP contribution is -2.39. The first-order valence-corrected chi connectivity index (χ1v) is 10.3. The maximum atomic E-state index is 10.2. The molecule has 0 bridgehead atoms. The Morgan fingerprint density at radius 3 is 1.10 bits per heavy atom. The molecule has 234 valence electrons. The topological polar surface area (TPSA) is 382 Å². The molecule has 0 saturated carbocycles. The third-order valence-electron chi connectivity index (χ3n) is 3.30. The molecule has 0 amide bonds. The Morgan fingerprint density at radius 1 is 0.585 bits per heavy atom. The highest BCUT2D eigenvalue weighted by atomic mass is 16.4. The van der Waals surface area contributed by atoms with Crippen LogP contribution in [0, 0.1) is 0 Å². The van der Waals surface area contributed by atoms with Crippen LogP contribution in [0.3, 0.4) is 0 Å². The summed E-state index contributed by atoms with van der Waals surface area (Å²) < 4.78 is 0. The molecular formula is C21H30O20. The van der Waals surface area contributed by atoms with Gasteiger partial charge in [0.2, 0.25) is 0 Å². The fourth-order valence-corrected chi connectivity index (χ4v) is 1.30. The minimum absolute atomic E-state index is 0.403. The highest BCUT2D eigenvalue weighted by molar-refractivity contribution is 5.83. The molecule has 1 rings (SSSR count). The van der Waals surface area contributed by atoms with Gasteiger partial charge in [-0.05, 0) is 12.5 Å². The van der Waals surface area contributed by atoms with E-state index in [4.69, 9.17) is 71.2 Å². The molecular weight excluding hydrogens is 572 g/mol. The summed E-state index contributed by atoms with van der Waals surface area (Å²) in [7, 11) is 0. The quantitative estimate of drug-likeness (QED) is 0.122. The van der Waals surface area contributed by atoms with Crippen molar-refractivity contribution in [1.82, 2.24) is 0 Å². The van der Waals surface area contributed by atoms with Gasteiger partial charge in [-0.1, -0.05) is 30.3 Å². The molecule has 41 heavy (non-hydrogen) atoms. The smallest absolute Gasteiger partial charge is 0.337 e. The number of aliphatic carboxylic acids is 7. The molecule has 0 radical (unpaired) electrons. The maximum Gasteiger partial charge on any atom is 0.337 e. The van der Waals surface area contributed by atoms with Crippen molar-refractivity contribution in [1.29, 1.82) is 0 Å². The van der Waals surface area contributed by atoms with Crippen LogP contribution in [0.5, 0.6) is 0 Å². The molecule has 0 saturated heterocycles. The van der Waals surface area contributed by atoms with E-state index in [0.717, 1.165) is 0 Å². The average Bonchev–Trinajstić information content (AvgIpc) is 2.88.